The predicted octanol–water partition coefficient (Wildman–Crippen LogP) is 2.24. The van der Waals surface area contributed by atoms with E-state index in [1.165, 1.54) is 30.6 Å². The van der Waals surface area contributed by atoms with Crippen molar-refractivity contribution in [2.24, 2.45) is 5.73 Å². The zero-order valence-electron chi connectivity index (χ0n) is 11.8. The van der Waals surface area contributed by atoms with Crippen molar-refractivity contribution in [2.45, 2.75) is 31.8 Å². The van der Waals surface area contributed by atoms with Crippen LogP contribution < -0.4 is 10.6 Å². The monoisotopic (exact) mass is 247 g/mol. The van der Waals surface area contributed by atoms with E-state index in [1.807, 2.05) is 0 Å². The minimum Gasteiger partial charge on any atom is -0.370 e. The van der Waals surface area contributed by atoms with Crippen LogP contribution in [0.2, 0.25) is 0 Å². The minimum absolute atomic E-state index is 0.0879. The Kier molecular flexibility index (Phi) is 4.25. The van der Waals surface area contributed by atoms with Crippen molar-refractivity contribution >= 4 is 5.69 Å². The Morgan fingerprint density at radius 2 is 2.11 bits per heavy atom. The second-order valence-corrected chi connectivity index (χ2v) is 5.52. The number of anilines is 1. The number of piperidine rings is 1. The van der Waals surface area contributed by atoms with Gasteiger partial charge < -0.3 is 15.5 Å². The average Bonchev–Trinajstić information content (AvgIpc) is 2.38. The smallest absolute Gasteiger partial charge is 0.0414 e. The molecule has 1 fully saturated rings. The first kappa shape index (κ1) is 13.4. The average molecular weight is 247 g/mol. The highest BCUT2D eigenvalue weighted by Crippen LogP contribution is 2.27. The van der Waals surface area contributed by atoms with E-state index >= 15 is 0 Å². The Balaban J connectivity index is 2.19. The largest absolute Gasteiger partial charge is 0.370 e. The summed E-state index contributed by atoms with van der Waals surface area (Å²) in [4.78, 5) is 4.83. The quantitative estimate of drug-likeness (QED) is 0.889. The van der Waals surface area contributed by atoms with E-state index in [9.17, 15) is 0 Å². The number of nitrogens with two attached hydrogens (primary N) is 1. The first-order chi connectivity index (χ1) is 8.59. The number of hydrogen-bond acceptors (Lipinski definition) is 3. The van der Waals surface area contributed by atoms with Crippen molar-refractivity contribution < 1.29 is 0 Å². The molecule has 0 aromatic heterocycles. The lowest BCUT2D eigenvalue weighted by Crippen LogP contribution is -2.45. The van der Waals surface area contributed by atoms with Crippen molar-refractivity contribution in [1.29, 1.82) is 0 Å². The third-order valence-electron chi connectivity index (χ3n) is 3.95. The summed E-state index contributed by atoms with van der Waals surface area (Å²) in [6, 6.07) is 9.19. The second-order valence-electron chi connectivity index (χ2n) is 5.52. The molecule has 0 aliphatic carbocycles. The number of para-hydroxylation sites is 1. The fourth-order valence-electron chi connectivity index (χ4n) is 2.85. The minimum atomic E-state index is 0.0879. The standard InChI is InChI=1S/C15H25N3/c1-12(16)14-8-4-5-9-15(14)18(3)13-7-6-10-17(2)11-13/h4-5,8-9,12-13H,6-7,10-11,16H2,1-3H3/t12-,13?/m0/s1. The number of rotatable bonds is 3. The molecule has 2 N–H and O–H groups in total. The van der Waals surface area contributed by atoms with E-state index in [0.717, 1.165) is 6.54 Å². The van der Waals surface area contributed by atoms with Gasteiger partial charge in [-0.15, -0.1) is 0 Å². The molecule has 0 saturated carbocycles. The van der Waals surface area contributed by atoms with Crippen molar-refractivity contribution in [3.8, 4) is 0 Å². The number of hydrogen-bond donors (Lipinski definition) is 1. The molecule has 3 heteroatoms. The van der Waals surface area contributed by atoms with Crippen LogP contribution in [0.25, 0.3) is 0 Å². The maximum absolute atomic E-state index is 6.07. The van der Waals surface area contributed by atoms with E-state index in [0.29, 0.717) is 6.04 Å². The lowest BCUT2D eigenvalue weighted by molar-refractivity contribution is 0.248. The third kappa shape index (κ3) is 2.85. The molecule has 2 atom stereocenters. The molecule has 1 unspecified atom stereocenters. The molecular weight excluding hydrogens is 222 g/mol. The molecule has 0 spiro atoms. The molecule has 1 saturated heterocycles. The first-order valence-corrected chi connectivity index (χ1v) is 6.85. The summed E-state index contributed by atoms with van der Waals surface area (Å²) in [6.07, 6.45) is 2.56. The normalized spacial score (nSPS) is 22.8. The molecular formula is C15H25N3. The Bertz CT molecular complexity index is 389. The molecule has 1 aromatic carbocycles. The molecule has 0 amide bonds. The summed E-state index contributed by atoms with van der Waals surface area (Å²) < 4.78 is 0. The summed E-state index contributed by atoms with van der Waals surface area (Å²) in [5.74, 6) is 0. The molecule has 100 valence electrons. The number of benzene rings is 1. The van der Waals surface area contributed by atoms with Crippen LogP contribution in [0.1, 0.15) is 31.4 Å². The summed E-state index contributed by atoms with van der Waals surface area (Å²) in [7, 11) is 4.41. The van der Waals surface area contributed by atoms with Gasteiger partial charge in [-0.3, -0.25) is 0 Å². The predicted molar refractivity (Wildman–Crippen MR) is 78.0 cm³/mol. The van der Waals surface area contributed by atoms with Crippen LogP contribution in [0.4, 0.5) is 5.69 Å². The number of likely N-dealkylation sites (N-methyl/N-ethyl adjacent to an activating group) is 2. The topological polar surface area (TPSA) is 32.5 Å². The van der Waals surface area contributed by atoms with Gasteiger partial charge in [0.25, 0.3) is 0 Å². The Morgan fingerprint density at radius 1 is 1.39 bits per heavy atom. The van der Waals surface area contributed by atoms with E-state index in [2.05, 4.69) is 55.1 Å². The first-order valence-electron chi connectivity index (χ1n) is 6.85. The summed E-state index contributed by atoms with van der Waals surface area (Å²) in [5.41, 5.74) is 8.60. The van der Waals surface area contributed by atoms with Crippen LogP contribution in [0, 0.1) is 0 Å². The highest BCUT2D eigenvalue weighted by Gasteiger charge is 2.23. The molecule has 1 aliphatic rings. The van der Waals surface area contributed by atoms with Crippen LogP contribution in [-0.2, 0) is 0 Å². The maximum atomic E-state index is 6.07. The summed E-state index contributed by atoms with van der Waals surface area (Å²) in [5, 5.41) is 0. The van der Waals surface area contributed by atoms with Crippen LogP contribution >= 0.6 is 0 Å². The van der Waals surface area contributed by atoms with E-state index in [4.69, 9.17) is 5.73 Å². The summed E-state index contributed by atoms with van der Waals surface area (Å²) >= 11 is 0. The van der Waals surface area contributed by atoms with Crippen LogP contribution in [0.5, 0.6) is 0 Å². The third-order valence-corrected chi connectivity index (χ3v) is 3.95. The van der Waals surface area contributed by atoms with Gasteiger partial charge >= 0.3 is 0 Å². The van der Waals surface area contributed by atoms with Crippen molar-refractivity contribution in [1.82, 2.24) is 4.90 Å². The Morgan fingerprint density at radius 3 is 2.78 bits per heavy atom. The molecule has 1 aromatic rings. The van der Waals surface area contributed by atoms with Gasteiger partial charge in [0.2, 0.25) is 0 Å². The summed E-state index contributed by atoms with van der Waals surface area (Å²) in [6.45, 7) is 4.42. The molecule has 1 heterocycles. The molecule has 0 bridgehead atoms. The van der Waals surface area contributed by atoms with Gasteiger partial charge in [0, 0.05) is 31.4 Å². The van der Waals surface area contributed by atoms with Gasteiger partial charge in [0.1, 0.15) is 0 Å². The molecule has 3 nitrogen and oxygen atoms in total. The van der Waals surface area contributed by atoms with Crippen LogP contribution in [0.3, 0.4) is 0 Å². The van der Waals surface area contributed by atoms with Crippen molar-refractivity contribution in [2.75, 3.05) is 32.1 Å². The van der Waals surface area contributed by atoms with Crippen molar-refractivity contribution in [3.05, 3.63) is 29.8 Å². The molecule has 1 aliphatic heterocycles. The van der Waals surface area contributed by atoms with Gasteiger partial charge in [-0.05, 0) is 45.0 Å². The Labute approximate surface area is 111 Å². The molecule has 2 rings (SSSR count). The SMILES string of the molecule is C[C@H](N)c1ccccc1N(C)C1CCCN(C)C1. The number of likely N-dealkylation sites (tertiary alicyclic amines) is 1. The van der Waals surface area contributed by atoms with Gasteiger partial charge in [-0.2, -0.15) is 0 Å². The Hall–Kier alpha value is -1.06. The highest BCUT2D eigenvalue weighted by atomic mass is 15.2. The lowest BCUT2D eigenvalue weighted by atomic mass is 10.0. The lowest BCUT2D eigenvalue weighted by Gasteiger charge is -2.38. The van der Waals surface area contributed by atoms with Gasteiger partial charge in [0.05, 0.1) is 0 Å². The van der Waals surface area contributed by atoms with E-state index in [1.54, 1.807) is 0 Å². The highest BCUT2D eigenvalue weighted by molar-refractivity contribution is 5.55. The van der Waals surface area contributed by atoms with Crippen molar-refractivity contribution in [3.63, 3.8) is 0 Å². The zero-order valence-corrected chi connectivity index (χ0v) is 11.8. The fourth-order valence-corrected chi connectivity index (χ4v) is 2.85. The van der Waals surface area contributed by atoms with E-state index < -0.39 is 0 Å². The van der Waals surface area contributed by atoms with Crippen LogP contribution in [-0.4, -0.2) is 38.1 Å². The van der Waals surface area contributed by atoms with Gasteiger partial charge in [0.15, 0.2) is 0 Å². The number of nitrogens with zero attached hydrogens (tertiary/aromatic N) is 2. The van der Waals surface area contributed by atoms with E-state index in [-0.39, 0.29) is 6.04 Å². The zero-order chi connectivity index (χ0) is 13.1. The second kappa shape index (κ2) is 5.72. The maximum Gasteiger partial charge on any atom is 0.0414 e. The fraction of sp³-hybridized carbons (Fsp3) is 0.600. The van der Waals surface area contributed by atoms with Crippen LogP contribution in [0.15, 0.2) is 24.3 Å². The van der Waals surface area contributed by atoms with Gasteiger partial charge in [-0.1, -0.05) is 18.2 Å². The van der Waals surface area contributed by atoms with Gasteiger partial charge in [-0.25, -0.2) is 0 Å². The molecule has 0 radical (unpaired) electrons. The molecule has 18 heavy (non-hydrogen) atoms.